The molecule has 5 heteroatoms. The van der Waals surface area contributed by atoms with E-state index in [1.807, 2.05) is 0 Å². The number of nitrogens with zero attached hydrogens (tertiary/aromatic N) is 1. The molecule has 1 aliphatic heterocycles. The average Bonchev–Trinajstić information content (AvgIpc) is 2.82. The third kappa shape index (κ3) is 2.38. The number of aromatic carboxylic acids is 1. The molecule has 0 aliphatic carbocycles. The van der Waals surface area contributed by atoms with Gasteiger partial charge in [-0.05, 0) is 31.0 Å². The van der Waals surface area contributed by atoms with Crippen molar-refractivity contribution in [2.45, 2.75) is 12.8 Å². The first kappa shape index (κ1) is 11.4. The summed E-state index contributed by atoms with van der Waals surface area (Å²) in [7, 11) is 0. The molecular weight excluding hydrogens is 220 g/mol. The summed E-state index contributed by atoms with van der Waals surface area (Å²) >= 11 is 0. The van der Waals surface area contributed by atoms with Gasteiger partial charge in [0, 0.05) is 18.8 Å². The molecule has 90 valence electrons. The van der Waals surface area contributed by atoms with Crippen LogP contribution < -0.4 is 10.2 Å². The highest BCUT2D eigenvalue weighted by Crippen LogP contribution is 2.27. The largest absolute Gasteiger partial charge is 0.478 e. The molecule has 1 amide bonds. The lowest BCUT2D eigenvalue weighted by molar-refractivity contribution is -0.105. The topological polar surface area (TPSA) is 69.6 Å². The summed E-state index contributed by atoms with van der Waals surface area (Å²) in [6, 6.07) is 4.96. The summed E-state index contributed by atoms with van der Waals surface area (Å²) in [5, 5.41) is 11.6. The van der Waals surface area contributed by atoms with E-state index in [2.05, 4.69) is 10.2 Å². The van der Waals surface area contributed by atoms with Crippen molar-refractivity contribution >= 4 is 23.8 Å². The highest BCUT2D eigenvalue weighted by molar-refractivity contribution is 5.96. The number of carbonyl (C=O) groups is 2. The number of carbonyl (C=O) groups excluding carboxylic acids is 1. The Morgan fingerprint density at radius 3 is 2.65 bits per heavy atom. The minimum absolute atomic E-state index is 0.235. The lowest BCUT2D eigenvalue weighted by Crippen LogP contribution is -2.20. The van der Waals surface area contributed by atoms with Crippen LogP contribution in [0.4, 0.5) is 11.4 Å². The molecule has 0 radical (unpaired) electrons. The summed E-state index contributed by atoms with van der Waals surface area (Å²) in [4.78, 5) is 23.6. The molecule has 1 heterocycles. The van der Waals surface area contributed by atoms with Crippen LogP contribution in [-0.4, -0.2) is 30.6 Å². The van der Waals surface area contributed by atoms with Crippen LogP contribution in [-0.2, 0) is 4.79 Å². The maximum absolute atomic E-state index is 11.2. The Balaban J connectivity index is 2.36. The number of hydrogen-bond donors (Lipinski definition) is 2. The maximum atomic E-state index is 11.2. The molecule has 1 aliphatic rings. The van der Waals surface area contributed by atoms with Crippen molar-refractivity contribution in [1.82, 2.24) is 0 Å². The minimum atomic E-state index is -0.971. The molecule has 0 unspecified atom stereocenters. The molecule has 0 aromatic heterocycles. The van der Waals surface area contributed by atoms with Crippen LogP contribution in [0.1, 0.15) is 23.2 Å². The lowest BCUT2D eigenvalue weighted by Gasteiger charge is -2.20. The standard InChI is InChI=1S/C12H14N2O3/c15-8-13-9-3-4-11(10(7-9)12(16)17)14-5-1-2-6-14/h3-4,7-8H,1-2,5-6H2,(H,13,15)(H,16,17). The van der Waals surface area contributed by atoms with Gasteiger partial charge in [0.25, 0.3) is 0 Å². The average molecular weight is 234 g/mol. The zero-order chi connectivity index (χ0) is 12.3. The Kier molecular flexibility index (Phi) is 3.27. The molecule has 0 atom stereocenters. The van der Waals surface area contributed by atoms with Crippen LogP contribution in [0.15, 0.2) is 18.2 Å². The number of anilines is 2. The highest BCUT2D eigenvalue weighted by atomic mass is 16.4. The van der Waals surface area contributed by atoms with E-state index in [0.717, 1.165) is 31.6 Å². The summed E-state index contributed by atoms with van der Waals surface area (Å²) < 4.78 is 0. The van der Waals surface area contributed by atoms with E-state index in [4.69, 9.17) is 0 Å². The van der Waals surface area contributed by atoms with Gasteiger partial charge < -0.3 is 15.3 Å². The van der Waals surface area contributed by atoms with Crippen LogP contribution in [0.25, 0.3) is 0 Å². The van der Waals surface area contributed by atoms with Gasteiger partial charge in [0.1, 0.15) is 0 Å². The normalized spacial score (nSPS) is 14.7. The third-order valence-corrected chi connectivity index (χ3v) is 2.90. The molecule has 5 nitrogen and oxygen atoms in total. The third-order valence-electron chi connectivity index (χ3n) is 2.90. The summed E-state index contributed by atoms with van der Waals surface area (Å²) in [6.07, 6.45) is 2.72. The smallest absolute Gasteiger partial charge is 0.337 e. The zero-order valence-electron chi connectivity index (χ0n) is 9.35. The van der Waals surface area contributed by atoms with E-state index in [0.29, 0.717) is 12.1 Å². The number of rotatable bonds is 4. The Bertz CT molecular complexity index is 439. The van der Waals surface area contributed by atoms with Gasteiger partial charge in [-0.1, -0.05) is 0 Å². The quantitative estimate of drug-likeness (QED) is 0.775. The summed E-state index contributed by atoms with van der Waals surface area (Å²) in [5.41, 5.74) is 1.46. The fourth-order valence-corrected chi connectivity index (χ4v) is 2.10. The Morgan fingerprint density at radius 1 is 1.35 bits per heavy atom. The lowest BCUT2D eigenvalue weighted by atomic mass is 10.1. The number of carboxylic acid groups (broad SMARTS) is 1. The molecule has 0 bridgehead atoms. The van der Waals surface area contributed by atoms with Crippen LogP contribution >= 0.6 is 0 Å². The van der Waals surface area contributed by atoms with Crippen LogP contribution in [0.5, 0.6) is 0 Å². The number of amides is 1. The molecular formula is C12H14N2O3. The van der Waals surface area contributed by atoms with E-state index in [1.54, 1.807) is 12.1 Å². The summed E-state index contributed by atoms with van der Waals surface area (Å²) in [5.74, 6) is -0.971. The fourth-order valence-electron chi connectivity index (χ4n) is 2.10. The predicted octanol–water partition coefficient (Wildman–Crippen LogP) is 1.55. The van der Waals surface area contributed by atoms with Crippen LogP contribution in [0, 0.1) is 0 Å². The van der Waals surface area contributed by atoms with Gasteiger partial charge in [-0.15, -0.1) is 0 Å². The van der Waals surface area contributed by atoms with Gasteiger partial charge in [-0.25, -0.2) is 4.79 Å². The second-order valence-electron chi connectivity index (χ2n) is 3.99. The Hall–Kier alpha value is -2.04. The van der Waals surface area contributed by atoms with Gasteiger partial charge in [0.15, 0.2) is 0 Å². The highest BCUT2D eigenvalue weighted by Gasteiger charge is 2.19. The van der Waals surface area contributed by atoms with Gasteiger partial charge in [-0.2, -0.15) is 0 Å². The first-order chi connectivity index (χ1) is 8.22. The minimum Gasteiger partial charge on any atom is -0.478 e. The van der Waals surface area contributed by atoms with Crippen molar-refractivity contribution in [3.63, 3.8) is 0 Å². The number of nitrogens with one attached hydrogen (secondary N) is 1. The van der Waals surface area contributed by atoms with Crippen molar-refractivity contribution in [3.8, 4) is 0 Å². The summed E-state index contributed by atoms with van der Waals surface area (Å²) in [6.45, 7) is 1.78. The van der Waals surface area contributed by atoms with Crippen molar-refractivity contribution in [2.75, 3.05) is 23.3 Å². The van der Waals surface area contributed by atoms with Crippen molar-refractivity contribution in [3.05, 3.63) is 23.8 Å². The number of carboxylic acids is 1. The molecule has 1 aromatic carbocycles. The van der Waals surface area contributed by atoms with E-state index >= 15 is 0 Å². The van der Waals surface area contributed by atoms with Gasteiger partial charge in [-0.3, -0.25) is 4.79 Å². The first-order valence-electron chi connectivity index (χ1n) is 5.55. The fraction of sp³-hybridized carbons (Fsp3) is 0.333. The van der Waals surface area contributed by atoms with Crippen molar-refractivity contribution in [2.24, 2.45) is 0 Å². The van der Waals surface area contributed by atoms with Crippen LogP contribution in [0.2, 0.25) is 0 Å². The molecule has 1 saturated heterocycles. The molecule has 0 spiro atoms. The Labute approximate surface area is 99.0 Å². The predicted molar refractivity (Wildman–Crippen MR) is 64.5 cm³/mol. The Morgan fingerprint density at radius 2 is 2.06 bits per heavy atom. The molecule has 17 heavy (non-hydrogen) atoms. The zero-order valence-corrected chi connectivity index (χ0v) is 9.35. The van der Waals surface area contributed by atoms with E-state index < -0.39 is 5.97 Å². The van der Waals surface area contributed by atoms with Crippen molar-refractivity contribution < 1.29 is 14.7 Å². The molecule has 0 saturated carbocycles. The van der Waals surface area contributed by atoms with Crippen molar-refractivity contribution in [1.29, 1.82) is 0 Å². The van der Waals surface area contributed by atoms with Crippen LogP contribution in [0.3, 0.4) is 0 Å². The first-order valence-corrected chi connectivity index (χ1v) is 5.55. The van der Waals surface area contributed by atoms with Gasteiger partial charge in [0.05, 0.1) is 11.3 Å². The van der Waals surface area contributed by atoms with Gasteiger partial charge in [0.2, 0.25) is 6.41 Å². The van der Waals surface area contributed by atoms with E-state index in [-0.39, 0.29) is 5.56 Å². The second-order valence-corrected chi connectivity index (χ2v) is 3.99. The number of hydrogen-bond acceptors (Lipinski definition) is 3. The van der Waals surface area contributed by atoms with Gasteiger partial charge >= 0.3 is 5.97 Å². The molecule has 1 fully saturated rings. The number of benzene rings is 1. The molecule has 2 rings (SSSR count). The maximum Gasteiger partial charge on any atom is 0.337 e. The molecule has 2 N–H and O–H groups in total. The van der Waals surface area contributed by atoms with E-state index in [1.165, 1.54) is 6.07 Å². The van der Waals surface area contributed by atoms with E-state index in [9.17, 15) is 14.7 Å². The molecule has 1 aromatic rings. The monoisotopic (exact) mass is 234 g/mol. The SMILES string of the molecule is O=CNc1ccc(N2CCCC2)c(C(=O)O)c1. The second kappa shape index (κ2) is 4.86.